The number of ether oxygens (including phenoxy) is 1. The van der Waals surface area contributed by atoms with E-state index in [4.69, 9.17) is 4.74 Å². The number of rotatable bonds is 6. The minimum absolute atomic E-state index is 0.188. The Labute approximate surface area is 179 Å². The van der Waals surface area contributed by atoms with Crippen molar-refractivity contribution in [2.75, 3.05) is 5.32 Å². The van der Waals surface area contributed by atoms with Gasteiger partial charge < -0.3 is 10.1 Å². The summed E-state index contributed by atoms with van der Waals surface area (Å²) in [7, 11) is 0. The van der Waals surface area contributed by atoms with Gasteiger partial charge in [0.15, 0.2) is 0 Å². The van der Waals surface area contributed by atoms with Gasteiger partial charge in [-0.3, -0.25) is 9.48 Å². The quantitative estimate of drug-likeness (QED) is 0.577. The summed E-state index contributed by atoms with van der Waals surface area (Å²) in [6.07, 6.45) is 0.635. The third kappa shape index (κ3) is 4.69. The molecule has 1 aliphatic rings. The van der Waals surface area contributed by atoms with Crippen molar-refractivity contribution in [1.29, 1.82) is 0 Å². The average Bonchev–Trinajstić information content (AvgIpc) is 3.13. The first-order chi connectivity index (χ1) is 13.7. The van der Waals surface area contributed by atoms with Crippen LogP contribution in [0.15, 0.2) is 4.47 Å². The van der Waals surface area contributed by atoms with Crippen LogP contribution >= 0.6 is 27.3 Å². The minimum Gasteiger partial charge on any atom is -0.459 e. The predicted molar refractivity (Wildman–Crippen MR) is 110 cm³/mol. The summed E-state index contributed by atoms with van der Waals surface area (Å²) in [5.41, 5.74) is 1.39. The maximum atomic E-state index is 13.0. The third-order valence-electron chi connectivity index (χ3n) is 4.63. The molecule has 1 N–H and O–H groups in total. The number of alkyl halides is 2. The van der Waals surface area contributed by atoms with Crippen LogP contribution < -0.4 is 5.32 Å². The average molecular weight is 490 g/mol. The highest BCUT2D eigenvalue weighted by molar-refractivity contribution is 9.10. The van der Waals surface area contributed by atoms with Crippen LogP contribution in [-0.4, -0.2) is 27.8 Å². The van der Waals surface area contributed by atoms with Crippen molar-refractivity contribution >= 4 is 44.1 Å². The molecule has 10 heteroatoms. The fraction of sp³-hybridized carbons (Fsp3) is 0.526. The van der Waals surface area contributed by atoms with E-state index >= 15 is 0 Å². The molecule has 6 nitrogen and oxygen atoms in total. The summed E-state index contributed by atoms with van der Waals surface area (Å²) in [5.74, 6) is -0.895. The van der Waals surface area contributed by atoms with Crippen molar-refractivity contribution in [1.82, 2.24) is 9.78 Å². The van der Waals surface area contributed by atoms with Crippen LogP contribution in [0.25, 0.3) is 0 Å². The Hall–Kier alpha value is -1.81. The van der Waals surface area contributed by atoms with E-state index in [1.807, 2.05) is 0 Å². The van der Waals surface area contributed by atoms with E-state index in [0.29, 0.717) is 16.3 Å². The van der Waals surface area contributed by atoms with E-state index in [0.717, 1.165) is 36.1 Å². The van der Waals surface area contributed by atoms with Gasteiger partial charge >= 0.3 is 5.97 Å². The smallest absolute Gasteiger partial charge is 0.341 e. The summed E-state index contributed by atoms with van der Waals surface area (Å²) in [4.78, 5) is 26.3. The molecule has 158 valence electrons. The van der Waals surface area contributed by atoms with E-state index < -0.39 is 24.0 Å². The molecule has 0 aliphatic heterocycles. The van der Waals surface area contributed by atoms with Gasteiger partial charge in [0.25, 0.3) is 6.43 Å². The molecule has 0 saturated heterocycles. The summed E-state index contributed by atoms with van der Waals surface area (Å²) in [6, 6.07) is 0. The number of nitrogens with zero attached hydrogens (tertiary/aromatic N) is 2. The Bertz CT molecular complexity index is 940. The monoisotopic (exact) mass is 489 g/mol. The van der Waals surface area contributed by atoms with E-state index in [1.54, 1.807) is 20.8 Å². The topological polar surface area (TPSA) is 73.2 Å². The number of esters is 1. The molecule has 29 heavy (non-hydrogen) atoms. The van der Waals surface area contributed by atoms with Crippen molar-refractivity contribution < 1.29 is 23.1 Å². The number of carbonyl (C=O) groups is 2. The third-order valence-corrected chi connectivity index (χ3v) is 6.82. The molecular weight excluding hydrogens is 468 g/mol. The van der Waals surface area contributed by atoms with Gasteiger partial charge in [0, 0.05) is 4.88 Å². The van der Waals surface area contributed by atoms with Crippen LogP contribution in [0, 0.1) is 6.92 Å². The van der Waals surface area contributed by atoms with Crippen molar-refractivity contribution in [2.45, 2.75) is 65.5 Å². The number of halogens is 3. The highest BCUT2D eigenvalue weighted by atomic mass is 79.9. The summed E-state index contributed by atoms with van der Waals surface area (Å²) < 4.78 is 32.8. The Morgan fingerprint density at radius 3 is 2.62 bits per heavy atom. The second kappa shape index (κ2) is 8.91. The zero-order valence-corrected chi connectivity index (χ0v) is 18.8. The lowest BCUT2D eigenvalue weighted by molar-refractivity contribution is -0.116. The SMILES string of the molecule is Cc1c(Br)c(C(F)F)nn1CC(=O)Nc1sc2c(c1C(=O)OC(C)C)CCCC2. The first kappa shape index (κ1) is 21.9. The second-order valence-electron chi connectivity index (χ2n) is 7.16. The molecule has 0 spiro atoms. The van der Waals surface area contributed by atoms with E-state index in [9.17, 15) is 18.4 Å². The molecule has 1 amide bonds. The second-order valence-corrected chi connectivity index (χ2v) is 9.06. The first-order valence-corrected chi connectivity index (χ1v) is 11.0. The largest absolute Gasteiger partial charge is 0.459 e. The fourth-order valence-electron chi connectivity index (χ4n) is 3.29. The number of hydrogen-bond donors (Lipinski definition) is 1. The first-order valence-electron chi connectivity index (χ1n) is 9.35. The van der Waals surface area contributed by atoms with Crippen LogP contribution in [-0.2, 0) is 28.9 Å². The zero-order chi connectivity index (χ0) is 21.3. The molecule has 2 aromatic rings. The number of aromatic nitrogens is 2. The standard InChI is InChI=1S/C19H22BrF2N3O3S/c1-9(2)28-19(27)14-11-6-4-5-7-12(11)29-18(14)23-13(26)8-25-10(3)15(20)16(24-25)17(21)22/h9,17H,4-8H2,1-3H3,(H,23,26). The van der Waals surface area contributed by atoms with Crippen LogP contribution in [0.5, 0.6) is 0 Å². The van der Waals surface area contributed by atoms with Gasteiger partial charge in [-0.2, -0.15) is 5.10 Å². The number of carbonyl (C=O) groups excluding carboxylic acids is 2. The molecule has 1 aliphatic carbocycles. The lowest BCUT2D eigenvalue weighted by atomic mass is 9.95. The van der Waals surface area contributed by atoms with Crippen molar-refractivity contribution in [3.05, 3.63) is 31.9 Å². The molecule has 0 aromatic carbocycles. The van der Waals surface area contributed by atoms with Crippen LogP contribution in [0.4, 0.5) is 13.8 Å². The molecular formula is C19H22BrF2N3O3S. The Kier molecular flexibility index (Phi) is 6.72. The van der Waals surface area contributed by atoms with E-state index in [2.05, 4.69) is 26.3 Å². The molecule has 0 fully saturated rings. The summed E-state index contributed by atoms with van der Waals surface area (Å²) in [5, 5.41) is 7.04. The van der Waals surface area contributed by atoms with E-state index in [-0.39, 0.29) is 17.1 Å². The maximum Gasteiger partial charge on any atom is 0.341 e. The Morgan fingerprint density at radius 1 is 1.31 bits per heavy atom. The minimum atomic E-state index is -2.74. The molecule has 3 rings (SSSR count). The van der Waals surface area contributed by atoms with Crippen molar-refractivity contribution in [2.24, 2.45) is 0 Å². The lowest BCUT2D eigenvalue weighted by Gasteiger charge is -2.14. The van der Waals surface area contributed by atoms with Gasteiger partial charge in [0.2, 0.25) is 5.91 Å². The normalized spacial score (nSPS) is 13.7. The van der Waals surface area contributed by atoms with E-state index in [1.165, 1.54) is 16.0 Å². The summed E-state index contributed by atoms with van der Waals surface area (Å²) >= 11 is 4.48. The van der Waals surface area contributed by atoms with Gasteiger partial charge in [0.05, 0.1) is 21.8 Å². The number of nitrogens with one attached hydrogen (secondary N) is 1. The molecule has 0 unspecified atom stereocenters. The van der Waals surface area contributed by atoms with Gasteiger partial charge in [-0.1, -0.05) is 0 Å². The molecule has 0 radical (unpaired) electrons. The molecule has 0 bridgehead atoms. The van der Waals surface area contributed by atoms with Gasteiger partial charge in [-0.25, -0.2) is 13.6 Å². The van der Waals surface area contributed by atoms with Crippen molar-refractivity contribution in [3.8, 4) is 0 Å². The van der Waals surface area contributed by atoms with Crippen LogP contribution in [0.2, 0.25) is 0 Å². The highest BCUT2D eigenvalue weighted by Gasteiger charge is 2.28. The molecule has 0 atom stereocenters. The van der Waals surface area contributed by atoms with Crippen LogP contribution in [0.3, 0.4) is 0 Å². The predicted octanol–water partition coefficient (Wildman–Crippen LogP) is 5.04. The van der Waals surface area contributed by atoms with Gasteiger partial charge in [-0.05, 0) is 67.9 Å². The van der Waals surface area contributed by atoms with Gasteiger partial charge in [-0.15, -0.1) is 11.3 Å². The zero-order valence-electron chi connectivity index (χ0n) is 16.4. The molecule has 2 heterocycles. The van der Waals surface area contributed by atoms with Crippen molar-refractivity contribution in [3.63, 3.8) is 0 Å². The highest BCUT2D eigenvalue weighted by Crippen LogP contribution is 2.39. The van der Waals surface area contributed by atoms with Crippen LogP contribution in [0.1, 0.15) is 65.3 Å². The molecule has 0 saturated carbocycles. The maximum absolute atomic E-state index is 13.0. The van der Waals surface area contributed by atoms with Gasteiger partial charge in [0.1, 0.15) is 17.2 Å². The number of anilines is 1. The Morgan fingerprint density at radius 2 is 2.00 bits per heavy atom. The number of aryl methyl sites for hydroxylation is 1. The number of thiophene rings is 1. The number of fused-ring (bicyclic) bond motifs is 1. The fourth-order valence-corrected chi connectivity index (χ4v) is 5.04. The number of amides is 1. The summed E-state index contributed by atoms with van der Waals surface area (Å²) in [6.45, 7) is 4.91. The number of hydrogen-bond acceptors (Lipinski definition) is 5. The lowest BCUT2D eigenvalue weighted by Crippen LogP contribution is -2.22. The Balaban J connectivity index is 1.84. The molecule has 2 aromatic heterocycles.